The maximum Gasteiger partial charge on any atom is 0.257 e. The number of rotatable bonds is 5. The van der Waals surface area contributed by atoms with Crippen LogP contribution < -0.4 is 5.32 Å². The van der Waals surface area contributed by atoms with Crippen LogP contribution in [0.5, 0.6) is 0 Å². The molecule has 0 unspecified atom stereocenters. The van der Waals surface area contributed by atoms with Crippen molar-refractivity contribution < 1.29 is 9.59 Å². The minimum Gasteiger partial charge on any atom is -0.296 e. The zero-order valence-electron chi connectivity index (χ0n) is 14.7. The molecule has 0 aliphatic rings. The van der Waals surface area contributed by atoms with Crippen molar-refractivity contribution in [3.05, 3.63) is 102 Å². The fourth-order valence-electron chi connectivity index (χ4n) is 2.67. The van der Waals surface area contributed by atoms with Gasteiger partial charge in [-0.25, -0.2) is 0 Å². The summed E-state index contributed by atoms with van der Waals surface area (Å²) < 4.78 is 0. The Bertz CT molecular complexity index is 1110. The Morgan fingerprint density at radius 1 is 0.679 bits per heavy atom. The van der Waals surface area contributed by atoms with Gasteiger partial charge in [0.2, 0.25) is 5.13 Å². The highest BCUT2D eigenvalue weighted by atomic mass is 32.1. The lowest BCUT2D eigenvalue weighted by Gasteiger charge is -2.04. The highest BCUT2D eigenvalue weighted by molar-refractivity contribution is 7.18. The van der Waals surface area contributed by atoms with Gasteiger partial charge in [0.25, 0.3) is 5.91 Å². The second-order valence-electron chi connectivity index (χ2n) is 6.01. The highest BCUT2D eigenvalue weighted by Gasteiger charge is 2.13. The molecule has 6 heteroatoms. The number of carbonyl (C=O) groups is 2. The van der Waals surface area contributed by atoms with Gasteiger partial charge in [-0.1, -0.05) is 84.1 Å². The summed E-state index contributed by atoms with van der Waals surface area (Å²) in [4.78, 5) is 24.9. The van der Waals surface area contributed by atoms with Crippen LogP contribution in [0.2, 0.25) is 0 Å². The van der Waals surface area contributed by atoms with Crippen LogP contribution in [0.15, 0.2) is 84.9 Å². The van der Waals surface area contributed by atoms with Crippen molar-refractivity contribution in [2.45, 2.75) is 0 Å². The lowest BCUT2D eigenvalue weighted by Crippen LogP contribution is -2.12. The Morgan fingerprint density at radius 2 is 1.25 bits per heavy atom. The number of anilines is 1. The number of hydrogen-bond donors (Lipinski definition) is 1. The van der Waals surface area contributed by atoms with Gasteiger partial charge in [0, 0.05) is 22.3 Å². The monoisotopic (exact) mass is 385 g/mol. The van der Waals surface area contributed by atoms with Crippen LogP contribution in [0.3, 0.4) is 0 Å². The number of nitrogens with one attached hydrogen (secondary N) is 1. The van der Waals surface area contributed by atoms with E-state index >= 15 is 0 Å². The second kappa shape index (κ2) is 7.94. The van der Waals surface area contributed by atoms with Crippen LogP contribution in [0.4, 0.5) is 5.13 Å². The van der Waals surface area contributed by atoms with E-state index in [1.807, 2.05) is 48.5 Å². The van der Waals surface area contributed by atoms with Crippen LogP contribution in [-0.4, -0.2) is 21.9 Å². The van der Waals surface area contributed by atoms with Crippen molar-refractivity contribution in [2.24, 2.45) is 0 Å². The molecule has 0 fully saturated rings. The maximum absolute atomic E-state index is 12.5. The van der Waals surface area contributed by atoms with E-state index in [0.29, 0.717) is 21.8 Å². The van der Waals surface area contributed by atoms with E-state index in [4.69, 9.17) is 0 Å². The molecule has 28 heavy (non-hydrogen) atoms. The topological polar surface area (TPSA) is 72.0 Å². The molecule has 0 spiro atoms. The Labute approximate surface area is 165 Å². The standard InChI is InChI=1S/C22H15N3O2S/c26-19(15-7-3-1-4-8-15)16-11-13-17(14-12-16)20(27)23-22-25-24-21(28-22)18-9-5-2-6-10-18/h1-14H,(H,23,25,27). The molecule has 1 heterocycles. The summed E-state index contributed by atoms with van der Waals surface area (Å²) in [6.45, 7) is 0. The summed E-state index contributed by atoms with van der Waals surface area (Å²) >= 11 is 1.31. The molecule has 0 saturated carbocycles. The molecule has 1 N–H and O–H groups in total. The normalized spacial score (nSPS) is 10.4. The molecule has 4 aromatic rings. The summed E-state index contributed by atoms with van der Waals surface area (Å²) in [6.07, 6.45) is 0. The lowest BCUT2D eigenvalue weighted by atomic mass is 10.0. The van der Waals surface area contributed by atoms with Crippen molar-refractivity contribution in [3.8, 4) is 10.6 Å². The Morgan fingerprint density at radius 3 is 1.93 bits per heavy atom. The van der Waals surface area contributed by atoms with Gasteiger partial charge in [0.05, 0.1) is 0 Å². The summed E-state index contributed by atoms with van der Waals surface area (Å²) in [6, 6.07) is 25.3. The number of nitrogens with zero attached hydrogens (tertiary/aromatic N) is 2. The van der Waals surface area contributed by atoms with Gasteiger partial charge >= 0.3 is 0 Å². The predicted octanol–water partition coefficient (Wildman–Crippen LogP) is 4.69. The van der Waals surface area contributed by atoms with Gasteiger partial charge in [-0.3, -0.25) is 14.9 Å². The number of amides is 1. The smallest absolute Gasteiger partial charge is 0.257 e. The van der Waals surface area contributed by atoms with Crippen molar-refractivity contribution in [3.63, 3.8) is 0 Å². The molecule has 136 valence electrons. The molecule has 0 aliphatic heterocycles. The van der Waals surface area contributed by atoms with Crippen LogP contribution in [0, 0.1) is 0 Å². The minimum absolute atomic E-state index is 0.0795. The Kier molecular flexibility index (Phi) is 5.03. The number of ketones is 1. The largest absolute Gasteiger partial charge is 0.296 e. The van der Waals surface area contributed by atoms with E-state index in [1.165, 1.54) is 11.3 Å². The van der Waals surface area contributed by atoms with Crippen molar-refractivity contribution >= 4 is 28.2 Å². The molecule has 0 saturated heterocycles. The quantitative estimate of drug-likeness (QED) is 0.506. The zero-order valence-corrected chi connectivity index (χ0v) is 15.5. The summed E-state index contributed by atoms with van der Waals surface area (Å²) in [5.41, 5.74) is 2.54. The highest BCUT2D eigenvalue weighted by Crippen LogP contribution is 2.26. The molecular formula is C22H15N3O2S. The van der Waals surface area contributed by atoms with E-state index in [-0.39, 0.29) is 11.7 Å². The molecule has 4 rings (SSSR count). The zero-order chi connectivity index (χ0) is 19.3. The first-order chi connectivity index (χ1) is 13.7. The third-order valence-corrected chi connectivity index (χ3v) is 5.00. The average Bonchev–Trinajstić information content (AvgIpc) is 3.23. The van der Waals surface area contributed by atoms with Crippen LogP contribution in [-0.2, 0) is 0 Å². The summed E-state index contributed by atoms with van der Waals surface area (Å²) in [5, 5.41) is 12.0. The molecule has 0 radical (unpaired) electrons. The van der Waals surface area contributed by atoms with Gasteiger partial charge in [0.15, 0.2) is 5.78 Å². The van der Waals surface area contributed by atoms with Crippen LogP contribution in [0.25, 0.3) is 10.6 Å². The number of hydrogen-bond acceptors (Lipinski definition) is 5. The fraction of sp³-hybridized carbons (Fsp3) is 0. The molecule has 3 aromatic carbocycles. The number of benzene rings is 3. The first-order valence-corrected chi connectivity index (χ1v) is 9.42. The third kappa shape index (κ3) is 3.87. The molecule has 5 nitrogen and oxygen atoms in total. The van der Waals surface area contributed by atoms with E-state index in [9.17, 15) is 9.59 Å². The van der Waals surface area contributed by atoms with E-state index in [2.05, 4.69) is 15.5 Å². The van der Waals surface area contributed by atoms with E-state index in [0.717, 1.165) is 10.6 Å². The van der Waals surface area contributed by atoms with E-state index < -0.39 is 0 Å². The lowest BCUT2D eigenvalue weighted by molar-refractivity contribution is 0.102. The summed E-state index contributed by atoms with van der Waals surface area (Å²) in [7, 11) is 0. The molecule has 0 aliphatic carbocycles. The molecule has 1 aromatic heterocycles. The van der Waals surface area contributed by atoms with E-state index in [1.54, 1.807) is 36.4 Å². The van der Waals surface area contributed by atoms with Gasteiger partial charge in [-0.2, -0.15) is 0 Å². The molecule has 1 amide bonds. The molecule has 0 atom stereocenters. The molecular weight excluding hydrogens is 370 g/mol. The predicted molar refractivity (Wildman–Crippen MR) is 110 cm³/mol. The Balaban J connectivity index is 1.46. The van der Waals surface area contributed by atoms with Crippen molar-refractivity contribution in [1.82, 2.24) is 10.2 Å². The second-order valence-corrected chi connectivity index (χ2v) is 6.98. The van der Waals surface area contributed by atoms with Gasteiger partial charge in [0.1, 0.15) is 5.01 Å². The van der Waals surface area contributed by atoms with Crippen LogP contribution >= 0.6 is 11.3 Å². The first kappa shape index (κ1) is 17.8. The van der Waals surface area contributed by atoms with Crippen molar-refractivity contribution in [2.75, 3.05) is 5.32 Å². The van der Waals surface area contributed by atoms with Gasteiger partial charge < -0.3 is 0 Å². The SMILES string of the molecule is O=C(Nc1nnc(-c2ccccc2)s1)c1ccc(C(=O)c2ccccc2)cc1. The minimum atomic E-state index is -0.297. The fourth-order valence-corrected chi connectivity index (χ4v) is 3.41. The first-order valence-electron chi connectivity index (χ1n) is 8.61. The van der Waals surface area contributed by atoms with Gasteiger partial charge in [-0.15, -0.1) is 10.2 Å². The summed E-state index contributed by atoms with van der Waals surface area (Å²) in [5.74, 6) is -0.376. The maximum atomic E-state index is 12.5. The third-order valence-electron chi connectivity index (χ3n) is 4.11. The number of aromatic nitrogens is 2. The molecule has 0 bridgehead atoms. The average molecular weight is 385 g/mol. The van der Waals surface area contributed by atoms with Gasteiger partial charge in [-0.05, 0) is 12.1 Å². The van der Waals surface area contributed by atoms with Crippen LogP contribution in [0.1, 0.15) is 26.3 Å². The number of carbonyl (C=O) groups excluding carboxylic acids is 2. The Hall–Kier alpha value is -3.64. The van der Waals surface area contributed by atoms with Crippen molar-refractivity contribution in [1.29, 1.82) is 0 Å².